The zero-order valence-electron chi connectivity index (χ0n) is 19.5. The van der Waals surface area contributed by atoms with Crippen LogP contribution in [0.4, 0.5) is 0 Å². The quantitative estimate of drug-likeness (QED) is 0.641. The average Bonchev–Trinajstić information content (AvgIpc) is 3.09. The summed E-state index contributed by atoms with van der Waals surface area (Å²) < 4.78 is 6.20. The van der Waals surface area contributed by atoms with Crippen LogP contribution in [0.25, 0.3) is 0 Å². The molecule has 174 valence electrons. The van der Waals surface area contributed by atoms with E-state index < -0.39 is 23.1 Å². The Morgan fingerprint density at radius 1 is 0.969 bits per heavy atom. The topological polar surface area (TPSA) is 83.8 Å². The zero-order valence-corrected chi connectivity index (χ0v) is 19.5. The number of aliphatic hydroxyl groups is 1. The molecule has 0 unspecified atom stereocenters. The molecule has 5 rings (SSSR count). The van der Waals surface area contributed by atoms with Gasteiger partial charge in [-0.05, 0) is 93.6 Å². The van der Waals surface area contributed by atoms with Crippen LogP contribution < -0.4 is 0 Å². The first-order chi connectivity index (χ1) is 15.0. The van der Waals surface area contributed by atoms with Crippen LogP contribution in [0.15, 0.2) is 30.3 Å². The molecule has 0 saturated heterocycles. The van der Waals surface area contributed by atoms with Gasteiger partial charge in [-0.15, -0.1) is 0 Å². The predicted molar refractivity (Wildman–Crippen MR) is 120 cm³/mol. The predicted octanol–water partition coefficient (Wildman–Crippen LogP) is 5.07. The van der Waals surface area contributed by atoms with Gasteiger partial charge in [-0.3, -0.25) is 4.79 Å². The van der Waals surface area contributed by atoms with E-state index in [1.165, 1.54) is 0 Å². The second-order valence-electron chi connectivity index (χ2n) is 11.9. The standard InChI is InChI=1S/C27H36O5/c1-24(23(29)30)10-7-11-25(2)21(24)20(32-22(28)17-8-5-4-6-9-17)15-18-14-19-16-27(18,25)13-12-26(19,3)31/h4-6,8-9,18-21,31H,7,10-16H2,1-3H3,(H,29,30)/t18-,19-,20-,21+,24-,25+,26+,27+/m1/s1. The van der Waals surface area contributed by atoms with E-state index in [4.69, 9.17) is 4.74 Å². The number of benzene rings is 1. The first-order valence-corrected chi connectivity index (χ1v) is 12.3. The summed E-state index contributed by atoms with van der Waals surface area (Å²) in [7, 11) is 0. The van der Waals surface area contributed by atoms with Crippen molar-refractivity contribution in [1.29, 1.82) is 0 Å². The van der Waals surface area contributed by atoms with Crippen molar-refractivity contribution >= 4 is 11.9 Å². The van der Waals surface area contributed by atoms with E-state index in [1.54, 1.807) is 12.1 Å². The molecule has 4 saturated carbocycles. The van der Waals surface area contributed by atoms with Crippen molar-refractivity contribution in [2.45, 2.75) is 83.8 Å². The number of carbonyl (C=O) groups is 2. The van der Waals surface area contributed by atoms with Crippen LogP contribution in [0, 0.1) is 34.0 Å². The Hall–Kier alpha value is -1.88. The number of esters is 1. The highest BCUT2D eigenvalue weighted by Crippen LogP contribution is 2.75. The number of fused-ring (bicyclic) bond motifs is 2. The summed E-state index contributed by atoms with van der Waals surface area (Å²) in [4.78, 5) is 25.7. The van der Waals surface area contributed by atoms with E-state index in [0.717, 1.165) is 38.5 Å². The van der Waals surface area contributed by atoms with Crippen LogP contribution in [-0.2, 0) is 9.53 Å². The Morgan fingerprint density at radius 2 is 1.69 bits per heavy atom. The van der Waals surface area contributed by atoms with Gasteiger partial charge in [0.25, 0.3) is 0 Å². The Morgan fingerprint density at radius 3 is 2.38 bits per heavy atom. The zero-order chi connectivity index (χ0) is 22.9. The minimum Gasteiger partial charge on any atom is -0.481 e. The number of carboxylic acids is 1. The normalized spacial score (nSPS) is 47.2. The largest absolute Gasteiger partial charge is 0.481 e. The highest BCUT2D eigenvalue weighted by molar-refractivity contribution is 5.89. The second kappa shape index (κ2) is 7.06. The molecule has 0 heterocycles. The van der Waals surface area contributed by atoms with Crippen LogP contribution in [-0.4, -0.2) is 33.9 Å². The SMILES string of the molecule is C[C@]1(O)CC[C@]23C[C@H]1C[C@@H]2C[C@@H](OC(=O)c1ccccc1)[C@H]1[C@](C)(C(=O)O)CCC[C@@]13C. The van der Waals surface area contributed by atoms with Crippen LogP contribution in [0.3, 0.4) is 0 Å². The molecule has 2 bridgehead atoms. The third-order valence-corrected chi connectivity index (χ3v) is 10.5. The number of hydrogen-bond acceptors (Lipinski definition) is 4. The minimum atomic E-state index is -0.924. The molecule has 4 aliphatic carbocycles. The van der Waals surface area contributed by atoms with Gasteiger partial charge in [0.15, 0.2) is 0 Å². The maximum atomic E-state index is 13.1. The van der Waals surface area contributed by atoms with Crippen molar-refractivity contribution in [2.24, 2.45) is 34.0 Å². The van der Waals surface area contributed by atoms with Gasteiger partial charge in [0.2, 0.25) is 0 Å². The summed E-state index contributed by atoms with van der Waals surface area (Å²) >= 11 is 0. The summed E-state index contributed by atoms with van der Waals surface area (Å²) in [6, 6.07) is 9.01. The summed E-state index contributed by atoms with van der Waals surface area (Å²) in [5, 5.41) is 21.4. The maximum absolute atomic E-state index is 13.1. The molecule has 0 radical (unpaired) electrons. The number of aliphatic carboxylic acids is 1. The first-order valence-electron chi connectivity index (χ1n) is 12.3. The van der Waals surface area contributed by atoms with E-state index in [9.17, 15) is 19.8 Å². The summed E-state index contributed by atoms with van der Waals surface area (Å²) in [5.41, 5.74) is -1.27. The summed E-state index contributed by atoms with van der Waals surface area (Å²) in [5.74, 6) is -0.777. The molecule has 4 aliphatic rings. The van der Waals surface area contributed by atoms with Crippen molar-refractivity contribution in [3.8, 4) is 0 Å². The number of rotatable bonds is 3. The molecule has 1 spiro atoms. The Kier molecular flexibility index (Phi) is 4.84. The van der Waals surface area contributed by atoms with Crippen LogP contribution in [0.2, 0.25) is 0 Å². The molecular formula is C27H36O5. The van der Waals surface area contributed by atoms with Crippen molar-refractivity contribution in [3.63, 3.8) is 0 Å². The van der Waals surface area contributed by atoms with Crippen molar-refractivity contribution < 1.29 is 24.5 Å². The minimum absolute atomic E-state index is 0.0252. The van der Waals surface area contributed by atoms with Gasteiger partial charge in [-0.1, -0.05) is 31.5 Å². The maximum Gasteiger partial charge on any atom is 0.338 e. The van der Waals surface area contributed by atoms with Gasteiger partial charge < -0.3 is 14.9 Å². The van der Waals surface area contributed by atoms with Gasteiger partial charge in [0.05, 0.1) is 16.6 Å². The van der Waals surface area contributed by atoms with E-state index in [2.05, 4.69) is 6.92 Å². The molecule has 4 fully saturated rings. The molecule has 5 nitrogen and oxygen atoms in total. The smallest absolute Gasteiger partial charge is 0.338 e. The lowest BCUT2D eigenvalue weighted by Crippen LogP contribution is -2.65. The Balaban J connectivity index is 1.57. The third-order valence-electron chi connectivity index (χ3n) is 10.5. The van der Waals surface area contributed by atoms with Gasteiger partial charge in [0.1, 0.15) is 6.10 Å². The number of carboxylic acid groups (broad SMARTS) is 1. The Labute approximate surface area is 190 Å². The van der Waals surface area contributed by atoms with E-state index in [1.807, 2.05) is 32.0 Å². The second-order valence-corrected chi connectivity index (χ2v) is 11.9. The van der Waals surface area contributed by atoms with Crippen molar-refractivity contribution in [2.75, 3.05) is 0 Å². The van der Waals surface area contributed by atoms with Gasteiger partial charge in [0, 0.05) is 5.92 Å². The molecule has 1 aromatic carbocycles. The van der Waals surface area contributed by atoms with Crippen molar-refractivity contribution in [3.05, 3.63) is 35.9 Å². The molecule has 2 N–H and O–H groups in total. The highest BCUT2D eigenvalue weighted by Gasteiger charge is 2.72. The van der Waals surface area contributed by atoms with Gasteiger partial charge in [-0.25, -0.2) is 4.79 Å². The fourth-order valence-electron chi connectivity index (χ4n) is 8.79. The first kappa shape index (κ1) is 21.9. The lowest BCUT2D eigenvalue weighted by atomic mass is 9.38. The lowest BCUT2D eigenvalue weighted by Gasteiger charge is -2.66. The Bertz CT molecular complexity index is 925. The van der Waals surface area contributed by atoms with Gasteiger partial charge >= 0.3 is 11.9 Å². The fourth-order valence-corrected chi connectivity index (χ4v) is 8.79. The van der Waals surface area contributed by atoms with Crippen LogP contribution in [0.1, 0.15) is 82.5 Å². The fraction of sp³-hybridized carbons (Fsp3) is 0.704. The monoisotopic (exact) mass is 440 g/mol. The molecule has 0 aliphatic heterocycles. The molecule has 8 atom stereocenters. The highest BCUT2D eigenvalue weighted by atomic mass is 16.5. The van der Waals surface area contributed by atoms with E-state index in [-0.39, 0.29) is 28.6 Å². The number of ether oxygens (including phenoxy) is 1. The van der Waals surface area contributed by atoms with Crippen LogP contribution in [0.5, 0.6) is 0 Å². The van der Waals surface area contributed by atoms with Crippen LogP contribution >= 0.6 is 0 Å². The molecule has 32 heavy (non-hydrogen) atoms. The molecule has 1 aromatic rings. The molecule has 0 aromatic heterocycles. The van der Waals surface area contributed by atoms with E-state index >= 15 is 0 Å². The molecule has 0 amide bonds. The third kappa shape index (κ3) is 2.85. The number of hydrogen-bond donors (Lipinski definition) is 2. The average molecular weight is 441 g/mol. The molecule has 5 heteroatoms. The van der Waals surface area contributed by atoms with Crippen molar-refractivity contribution in [1.82, 2.24) is 0 Å². The van der Waals surface area contributed by atoms with E-state index in [0.29, 0.717) is 24.3 Å². The summed E-state index contributed by atoms with van der Waals surface area (Å²) in [6.07, 6.45) is 6.35. The lowest BCUT2D eigenvalue weighted by molar-refractivity contribution is -0.221. The number of carbonyl (C=O) groups excluding carboxylic acids is 1. The summed E-state index contributed by atoms with van der Waals surface area (Å²) in [6.45, 7) is 6.13. The molecular weight excluding hydrogens is 404 g/mol. The van der Waals surface area contributed by atoms with Gasteiger partial charge in [-0.2, -0.15) is 0 Å².